The molecule has 74 valence electrons. The number of aryl methyl sites for hydroxylation is 1. The first-order chi connectivity index (χ1) is 7.25. The molecule has 0 saturated heterocycles. The predicted molar refractivity (Wildman–Crippen MR) is 69.2 cm³/mol. The molecule has 0 aliphatic rings. The van der Waals surface area contributed by atoms with Gasteiger partial charge in [-0.25, -0.2) is 0 Å². The van der Waals surface area contributed by atoms with Crippen molar-refractivity contribution in [2.45, 2.75) is 6.92 Å². The summed E-state index contributed by atoms with van der Waals surface area (Å²) >= 11 is 5.21. The van der Waals surface area contributed by atoms with Gasteiger partial charge in [0, 0.05) is 14.9 Å². The zero-order chi connectivity index (χ0) is 10.7. The first-order valence-corrected chi connectivity index (χ1v) is 6.19. The van der Waals surface area contributed by atoms with E-state index in [1.54, 1.807) is 11.3 Å². The Morgan fingerprint density at radius 2 is 1.87 bits per heavy atom. The van der Waals surface area contributed by atoms with E-state index in [2.05, 4.69) is 40.8 Å². The lowest BCUT2D eigenvalue weighted by atomic mass is 10.2. The molecule has 0 bridgehead atoms. The van der Waals surface area contributed by atoms with Crippen molar-refractivity contribution in [3.63, 3.8) is 0 Å². The Morgan fingerprint density at radius 3 is 2.47 bits per heavy atom. The molecule has 0 saturated carbocycles. The summed E-state index contributed by atoms with van der Waals surface area (Å²) in [7, 11) is 0. The van der Waals surface area contributed by atoms with Crippen molar-refractivity contribution in [3.8, 4) is 11.8 Å². The Hall–Kier alpha value is -1.04. The van der Waals surface area contributed by atoms with Crippen LogP contribution >= 0.6 is 27.3 Å². The van der Waals surface area contributed by atoms with Crippen LogP contribution in [0, 0.1) is 18.8 Å². The minimum atomic E-state index is 1.05. The maximum absolute atomic E-state index is 3.50. The van der Waals surface area contributed by atoms with E-state index in [0.717, 1.165) is 14.9 Å². The fourth-order valence-electron chi connectivity index (χ4n) is 1.22. The zero-order valence-corrected chi connectivity index (χ0v) is 10.7. The molecule has 2 rings (SSSR count). The second-order valence-corrected chi connectivity index (χ2v) is 5.26. The Bertz CT molecular complexity index is 514. The molecule has 2 aromatic rings. The van der Waals surface area contributed by atoms with Crippen molar-refractivity contribution in [1.29, 1.82) is 0 Å². The topological polar surface area (TPSA) is 0 Å². The number of rotatable bonds is 0. The van der Waals surface area contributed by atoms with Crippen LogP contribution in [0.3, 0.4) is 0 Å². The highest BCUT2D eigenvalue weighted by atomic mass is 79.9. The summed E-state index contributed by atoms with van der Waals surface area (Å²) in [5.41, 5.74) is 1.05. The minimum absolute atomic E-state index is 1.05. The SMILES string of the molecule is Cc1cc(Br)c(C#Cc2ccccc2)s1. The molecule has 0 radical (unpaired) electrons. The second kappa shape index (κ2) is 4.65. The number of benzene rings is 1. The molecule has 1 heterocycles. The molecule has 0 nitrogen and oxygen atoms in total. The van der Waals surface area contributed by atoms with Gasteiger partial charge >= 0.3 is 0 Å². The van der Waals surface area contributed by atoms with Crippen LogP contribution in [0.15, 0.2) is 40.9 Å². The number of hydrogen-bond donors (Lipinski definition) is 0. The molecule has 0 atom stereocenters. The Morgan fingerprint density at radius 1 is 1.13 bits per heavy atom. The van der Waals surface area contributed by atoms with Gasteiger partial charge in [0.05, 0.1) is 4.88 Å². The van der Waals surface area contributed by atoms with E-state index in [4.69, 9.17) is 0 Å². The smallest absolute Gasteiger partial charge is 0.0916 e. The molecule has 2 heteroatoms. The van der Waals surface area contributed by atoms with Gasteiger partial charge in [-0.05, 0) is 47.0 Å². The average molecular weight is 277 g/mol. The zero-order valence-electron chi connectivity index (χ0n) is 8.25. The largest absolute Gasteiger partial charge is 0.131 e. The van der Waals surface area contributed by atoms with Crippen LogP contribution in [0.5, 0.6) is 0 Å². The summed E-state index contributed by atoms with van der Waals surface area (Å²) in [5, 5.41) is 0. The van der Waals surface area contributed by atoms with E-state index in [1.807, 2.05) is 30.3 Å². The fraction of sp³-hybridized carbons (Fsp3) is 0.0769. The predicted octanol–water partition coefficient (Wildman–Crippen LogP) is 4.22. The van der Waals surface area contributed by atoms with Gasteiger partial charge in [-0.1, -0.05) is 24.1 Å². The maximum Gasteiger partial charge on any atom is 0.0916 e. The van der Waals surface area contributed by atoms with E-state index in [1.165, 1.54) is 4.88 Å². The van der Waals surface area contributed by atoms with Crippen molar-refractivity contribution in [1.82, 2.24) is 0 Å². The highest BCUT2D eigenvalue weighted by Gasteiger charge is 1.99. The molecule has 0 aliphatic carbocycles. The van der Waals surface area contributed by atoms with Crippen LogP contribution in [-0.4, -0.2) is 0 Å². The monoisotopic (exact) mass is 276 g/mol. The summed E-state index contributed by atoms with van der Waals surface area (Å²) in [4.78, 5) is 2.37. The summed E-state index contributed by atoms with van der Waals surface area (Å²) in [6, 6.07) is 12.1. The molecule has 0 unspecified atom stereocenters. The highest BCUT2D eigenvalue weighted by molar-refractivity contribution is 9.10. The lowest BCUT2D eigenvalue weighted by Crippen LogP contribution is -1.71. The Labute approximate surface area is 102 Å². The average Bonchev–Trinajstić information content (AvgIpc) is 2.56. The van der Waals surface area contributed by atoms with Crippen molar-refractivity contribution in [2.24, 2.45) is 0 Å². The van der Waals surface area contributed by atoms with Gasteiger partial charge in [-0.2, -0.15) is 0 Å². The molecular weight excluding hydrogens is 268 g/mol. The van der Waals surface area contributed by atoms with Crippen molar-refractivity contribution in [2.75, 3.05) is 0 Å². The van der Waals surface area contributed by atoms with Crippen molar-refractivity contribution in [3.05, 3.63) is 56.2 Å². The molecule has 0 aliphatic heterocycles. The Balaban J connectivity index is 2.30. The van der Waals surface area contributed by atoms with E-state index in [-0.39, 0.29) is 0 Å². The molecule has 1 aromatic carbocycles. The maximum atomic E-state index is 3.50. The number of hydrogen-bond acceptors (Lipinski definition) is 1. The molecule has 15 heavy (non-hydrogen) atoms. The standard InChI is InChI=1S/C13H9BrS/c1-10-9-12(14)13(15-10)8-7-11-5-3-2-4-6-11/h2-6,9H,1H3. The van der Waals surface area contributed by atoms with E-state index in [9.17, 15) is 0 Å². The van der Waals surface area contributed by atoms with Crippen LogP contribution in [-0.2, 0) is 0 Å². The molecule has 0 fully saturated rings. The molecule has 0 N–H and O–H groups in total. The summed E-state index contributed by atoms with van der Waals surface area (Å²) < 4.78 is 1.09. The van der Waals surface area contributed by atoms with Crippen LogP contribution < -0.4 is 0 Å². The van der Waals surface area contributed by atoms with E-state index >= 15 is 0 Å². The first-order valence-electron chi connectivity index (χ1n) is 4.59. The van der Waals surface area contributed by atoms with Gasteiger partial charge in [0.1, 0.15) is 0 Å². The number of thiophene rings is 1. The third-order valence-electron chi connectivity index (χ3n) is 1.90. The lowest BCUT2D eigenvalue weighted by Gasteiger charge is -1.86. The normalized spacial score (nSPS) is 9.47. The van der Waals surface area contributed by atoms with Crippen LogP contribution in [0.2, 0.25) is 0 Å². The van der Waals surface area contributed by atoms with Crippen LogP contribution in [0.1, 0.15) is 15.3 Å². The van der Waals surface area contributed by atoms with Gasteiger partial charge in [0.15, 0.2) is 0 Å². The van der Waals surface area contributed by atoms with Crippen molar-refractivity contribution >= 4 is 27.3 Å². The summed E-state index contributed by atoms with van der Waals surface area (Å²) in [6.07, 6.45) is 0. The van der Waals surface area contributed by atoms with Gasteiger partial charge < -0.3 is 0 Å². The Kier molecular flexibility index (Phi) is 3.25. The molecule has 0 amide bonds. The fourth-order valence-corrected chi connectivity index (χ4v) is 2.81. The third-order valence-corrected chi connectivity index (χ3v) is 3.76. The first kappa shape index (κ1) is 10.5. The third kappa shape index (κ3) is 2.71. The number of halogens is 1. The second-order valence-electron chi connectivity index (χ2n) is 3.15. The van der Waals surface area contributed by atoms with Gasteiger partial charge in [0.25, 0.3) is 0 Å². The molecule has 1 aromatic heterocycles. The van der Waals surface area contributed by atoms with Gasteiger partial charge in [-0.3, -0.25) is 0 Å². The quantitative estimate of drug-likeness (QED) is 0.632. The van der Waals surface area contributed by atoms with Gasteiger partial charge in [0.2, 0.25) is 0 Å². The van der Waals surface area contributed by atoms with Crippen LogP contribution in [0.25, 0.3) is 0 Å². The highest BCUT2D eigenvalue weighted by Crippen LogP contribution is 2.25. The molecular formula is C13H9BrS. The lowest BCUT2D eigenvalue weighted by molar-refractivity contribution is 1.62. The summed E-state index contributed by atoms with van der Waals surface area (Å²) in [6.45, 7) is 2.09. The molecule has 0 spiro atoms. The van der Waals surface area contributed by atoms with E-state index in [0.29, 0.717) is 0 Å². The minimum Gasteiger partial charge on any atom is -0.131 e. The van der Waals surface area contributed by atoms with Crippen molar-refractivity contribution < 1.29 is 0 Å². The van der Waals surface area contributed by atoms with Crippen LogP contribution in [0.4, 0.5) is 0 Å². The van der Waals surface area contributed by atoms with E-state index < -0.39 is 0 Å². The van der Waals surface area contributed by atoms with Gasteiger partial charge in [-0.15, -0.1) is 11.3 Å². The summed E-state index contributed by atoms with van der Waals surface area (Å²) in [5.74, 6) is 6.32.